The molecule has 1 fully saturated rings. The molecule has 6 heteroatoms. The Bertz CT molecular complexity index is 568. The van der Waals surface area contributed by atoms with Crippen LogP contribution in [0.2, 0.25) is 0 Å². The molecule has 2 unspecified atom stereocenters. The van der Waals surface area contributed by atoms with E-state index in [2.05, 4.69) is 0 Å². The third-order valence-electron chi connectivity index (χ3n) is 3.92. The number of nitrogens with zero attached hydrogens (tertiary/aromatic N) is 1. The molecule has 3 N–H and O–H groups in total. The molecular formula is C15H18N2O4. The number of aromatic carboxylic acids is 1. The fourth-order valence-corrected chi connectivity index (χ4v) is 2.54. The van der Waals surface area contributed by atoms with Gasteiger partial charge in [0.05, 0.1) is 11.5 Å². The second-order valence-electron chi connectivity index (χ2n) is 5.37. The lowest BCUT2D eigenvalue weighted by Crippen LogP contribution is -2.48. The third kappa shape index (κ3) is 3.21. The van der Waals surface area contributed by atoms with Gasteiger partial charge in [-0.25, -0.2) is 4.79 Å². The van der Waals surface area contributed by atoms with Gasteiger partial charge >= 0.3 is 5.97 Å². The average molecular weight is 290 g/mol. The lowest BCUT2D eigenvalue weighted by molar-refractivity contribution is -0.123. The molecule has 0 saturated carbocycles. The Hall–Kier alpha value is -2.37. The van der Waals surface area contributed by atoms with Crippen molar-refractivity contribution in [1.29, 1.82) is 0 Å². The van der Waals surface area contributed by atoms with Gasteiger partial charge in [-0.15, -0.1) is 0 Å². The van der Waals surface area contributed by atoms with E-state index in [0.29, 0.717) is 18.5 Å². The predicted molar refractivity (Wildman–Crippen MR) is 75.8 cm³/mol. The van der Waals surface area contributed by atoms with Crippen LogP contribution in [-0.4, -0.2) is 40.4 Å². The number of piperidine rings is 1. The van der Waals surface area contributed by atoms with Crippen LogP contribution in [0.3, 0.4) is 0 Å². The number of amides is 2. The van der Waals surface area contributed by atoms with Gasteiger partial charge in [-0.1, -0.05) is 0 Å². The van der Waals surface area contributed by atoms with E-state index in [0.717, 1.165) is 6.42 Å². The van der Waals surface area contributed by atoms with Gasteiger partial charge in [-0.05, 0) is 44.0 Å². The van der Waals surface area contributed by atoms with Crippen molar-refractivity contribution in [2.24, 2.45) is 11.7 Å². The fourth-order valence-electron chi connectivity index (χ4n) is 2.54. The maximum absolute atomic E-state index is 12.5. The first-order chi connectivity index (χ1) is 9.90. The van der Waals surface area contributed by atoms with Crippen LogP contribution in [0.1, 0.15) is 40.5 Å². The van der Waals surface area contributed by atoms with Crippen molar-refractivity contribution >= 4 is 17.8 Å². The number of hydrogen-bond donors (Lipinski definition) is 2. The fraction of sp³-hybridized carbons (Fsp3) is 0.400. The number of likely N-dealkylation sites (tertiary alicyclic amines) is 1. The first-order valence-corrected chi connectivity index (χ1v) is 6.83. The highest BCUT2D eigenvalue weighted by Crippen LogP contribution is 2.23. The first-order valence-electron chi connectivity index (χ1n) is 6.83. The monoisotopic (exact) mass is 290 g/mol. The van der Waals surface area contributed by atoms with Crippen molar-refractivity contribution in [2.45, 2.75) is 25.8 Å². The van der Waals surface area contributed by atoms with Crippen LogP contribution in [0.5, 0.6) is 0 Å². The van der Waals surface area contributed by atoms with Crippen molar-refractivity contribution in [3.63, 3.8) is 0 Å². The van der Waals surface area contributed by atoms with Crippen molar-refractivity contribution in [2.75, 3.05) is 6.54 Å². The molecule has 0 aliphatic carbocycles. The van der Waals surface area contributed by atoms with E-state index >= 15 is 0 Å². The van der Waals surface area contributed by atoms with E-state index in [-0.39, 0.29) is 29.3 Å². The molecule has 0 spiro atoms. The van der Waals surface area contributed by atoms with Crippen molar-refractivity contribution < 1.29 is 19.5 Å². The van der Waals surface area contributed by atoms with Gasteiger partial charge in [-0.3, -0.25) is 9.59 Å². The number of nitrogens with two attached hydrogens (primary N) is 1. The SMILES string of the molecule is CC1CCC(C(N)=O)CN1C(=O)c1ccc(C(=O)O)cc1. The summed E-state index contributed by atoms with van der Waals surface area (Å²) in [6.07, 6.45) is 1.42. The van der Waals surface area contributed by atoms with E-state index in [4.69, 9.17) is 10.8 Å². The number of rotatable bonds is 3. The van der Waals surface area contributed by atoms with Crippen molar-refractivity contribution in [1.82, 2.24) is 4.90 Å². The Morgan fingerprint density at radius 3 is 2.24 bits per heavy atom. The summed E-state index contributed by atoms with van der Waals surface area (Å²) >= 11 is 0. The minimum atomic E-state index is -1.03. The van der Waals surface area contributed by atoms with Crippen LogP contribution in [-0.2, 0) is 4.79 Å². The van der Waals surface area contributed by atoms with E-state index in [9.17, 15) is 14.4 Å². The van der Waals surface area contributed by atoms with Gasteiger partial charge in [0.2, 0.25) is 5.91 Å². The van der Waals surface area contributed by atoms with Crippen LogP contribution in [0.15, 0.2) is 24.3 Å². The molecule has 1 aromatic carbocycles. The number of benzene rings is 1. The molecule has 0 radical (unpaired) electrons. The molecule has 2 atom stereocenters. The topological polar surface area (TPSA) is 101 Å². The van der Waals surface area contributed by atoms with Crippen LogP contribution in [0.25, 0.3) is 0 Å². The Kier molecular flexibility index (Phi) is 4.26. The average Bonchev–Trinajstić information content (AvgIpc) is 2.47. The summed E-state index contributed by atoms with van der Waals surface area (Å²) in [6.45, 7) is 2.25. The molecule has 1 aliphatic rings. The number of carboxylic acids is 1. The zero-order valence-corrected chi connectivity index (χ0v) is 11.8. The molecule has 2 amide bonds. The zero-order valence-electron chi connectivity index (χ0n) is 11.8. The minimum Gasteiger partial charge on any atom is -0.478 e. The summed E-state index contributed by atoms with van der Waals surface area (Å²) in [5.74, 6) is -1.94. The highest BCUT2D eigenvalue weighted by Gasteiger charge is 2.32. The smallest absolute Gasteiger partial charge is 0.335 e. The summed E-state index contributed by atoms with van der Waals surface area (Å²) in [5, 5.41) is 8.85. The van der Waals surface area contributed by atoms with Crippen LogP contribution in [0.4, 0.5) is 0 Å². The second-order valence-corrected chi connectivity index (χ2v) is 5.37. The number of hydrogen-bond acceptors (Lipinski definition) is 3. The minimum absolute atomic E-state index is 0.0345. The molecule has 0 aromatic heterocycles. The lowest BCUT2D eigenvalue weighted by Gasteiger charge is -2.37. The molecule has 1 aromatic rings. The number of carbonyl (C=O) groups excluding carboxylic acids is 2. The van der Waals surface area contributed by atoms with E-state index in [1.165, 1.54) is 24.3 Å². The van der Waals surface area contributed by atoms with Crippen LogP contribution < -0.4 is 5.73 Å². The Balaban J connectivity index is 2.17. The van der Waals surface area contributed by atoms with Gasteiger partial charge < -0.3 is 15.7 Å². The zero-order chi connectivity index (χ0) is 15.6. The summed E-state index contributed by atoms with van der Waals surface area (Å²) in [6, 6.07) is 5.82. The first kappa shape index (κ1) is 15.0. The molecule has 1 saturated heterocycles. The predicted octanol–water partition coefficient (Wildman–Crippen LogP) is 1.11. The lowest BCUT2D eigenvalue weighted by atomic mass is 9.92. The van der Waals surface area contributed by atoms with Crippen LogP contribution in [0, 0.1) is 5.92 Å². The van der Waals surface area contributed by atoms with Gasteiger partial charge in [-0.2, -0.15) is 0 Å². The maximum atomic E-state index is 12.5. The van der Waals surface area contributed by atoms with Crippen molar-refractivity contribution in [3.8, 4) is 0 Å². The molecule has 2 rings (SSSR count). The second kappa shape index (κ2) is 5.95. The van der Waals surface area contributed by atoms with E-state index in [1.54, 1.807) is 4.90 Å². The standard InChI is InChI=1S/C15H18N2O4/c1-9-2-3-12(13(16)18)8-17(9)14(19)10-4-6-11(7-5-10)15(20)21/h4-7,9,12H,2-3,8H2,1H3,(H2,16,18)(H,20,21). The molecule has 112 valence electrons. The highest BCUT2D eigenvalue weighted by atomic mass is 16.4. The summed E-state index contributed by atoms with van der Waals surface area (Å²) in [4.78, 5) is 36.2. The molecule has 21 heavy (non-hydrogen) atoms. The Morgan fingerprint density at radius 1 is 1.14 bits per heavy atom. The number of carboxylic acid groups (broad SMARTS) is 1. The molecule has 6 nitrogen and oxygen atoms in total. The summed E-state index contributed by atoms with van der Waals surface area (Å²) in [7, 11) is 0. The van der Waals surface area contributed by atoms with Crippen molar-refractivity contribution in [3.05, 3.63) is 35.4 Å². The van der Waals surface area contributed by atoms with E-state index in [1.807, 2.05) is 6.92 Å². The van der Waals surface area contributed by atoms with Gasteiger partial charge in [0.25, 0.3) is 5.91 Å². The number of primary amides is 1. The molecule has 1 aliphatic heterocycles. The summed E-state index contributed by atoms with van der Waals surface area (Å²) < 4.78 is 0. The number of carbonyl (C=O) groups is 3. The van der Waals surface area contributed by atoms with Gasteiger partial charge in [0.15, 0.2) is 0 Å². The third-order valence-corrected chi connectivity index (χ3v) is 3.92. The molecule has 0 bridgehead atoms. The molecule has 1 heterocycles. The quantitative estimate of drug-likeness (QED) is 0.870. The van der Waals surface area contributed by atoms with Gasteiger partial charge in [0.1, 0.15) is 0 Å². The summed E-state index contributed by atoms with van der Waals surface area (Å²) in [5.41, 5.74) is 5.87. The normalized spacial score (nSPS) is 21.9. The molecular weight excluding hydrogens is 272 g/mol. The maximum Gasteiger partial charge on any atom is 0.335 e. The van der Waals surface area contributed by atoms with Crippen LogP contribution >= 0.6 is 0 Å². The Morgan fingerprint density at radius 2 is 1.71 bits per heavy atom. The van der Waals surface area contributed by atoms with Gasteiger partial charge in [0, 0.05) is 18.2 Å². The Labute approximate surface area is 122 Å². The highest BCUT2D eigenvalue weighted by molar-refractivity contribution is 5.96. The largest absolute Gasteiger partial charge is 0.478 e. The van der Waals surface area contributed by atoms with E-state index < -0.39 is 5.97 Å².